The van der Waals surface area contributed by atoms with Gasteiger partial charge < -0.3 is 13.7 Å². The molecule has 0 radical (unpaired) electrons. The Labute approximate surface area is 244 Å². The molecule has 0 saturated carbocycles. The van der Waals surface area contributed by atoms with Gasteiger partial charge in [0.1, 0.15) is 11.1 Å². The zero-order chi connectivity index (χ0) is 27.6. The second-order valence-electron chi connectivity index (χ2n) is 10.4. The fraction of sp³-hybridized carbons (Fsp3) is 0. The maximum atomic E-state index is 6.68. The standard InChI is InChI=1S/C37H22N2O2S/c1-2-10-23(11-3-1)39(24-20-21-34-28(22-24)25-12-4-7-19-33(25)42-34)30-16-8-13-26-35-27(14-9-18-32(35)40-36(26)30)37-38-29-15-5-6-17-31(29)41-37/h1-22H. The fourth-order valence-electron chi connectivity index (χ4n) is 6.03. The molecule has 0 fully saturated rings. The first-order valence-corrected chi connectivity index (χ1v) is 14.7. The lowest BCUT2D eigenvalue weighted by atomic mass is 10.0. The van der Waals surface area contributed by atoms with E-state index in [0.717, 1.165) is 55.7 Å². The fourth-order valence-corrected chi connectivity index (χ4v) is 7.12. The van der Waals surface area contributed by atoms with E-state index >= 15 is 0 Å². The summed E-state index contributed by atoms with van der Waals surface area (Å²) in [4.78, 5) is 7.09. The number of fused-ring (bicyclic) bond motifs is 7. The van der Waals surface area contributed by atoms with E-state index in [9.17, 15) is 0 Å². The summed E-state index contributed by atoms with van der Waals surface area (Å²) in [6, 6.07) is 46.1. The van der Waals surface area contributed by atoms with E-state index < -0.39 is 0 Å². The molecule has 0 saturated heterocycles. The second-order valence-corrected chi connectivity index (χ2v) is 11.5. The third-order valence-electron chi connectivity index (χ3n) is 7.90. The van der Waals surface area contributed by atoms with Crippen LogP contribution in [0.2, 0.25) is 0 Å². The zero-order valence-electron chi connectivity index (χ0n) is 22.3. The average molecular weight is 559 g/mol. The van der Waals surface area contributed by atoms with Crippen LogP contribution in [0.5, 0.6) is 0 Å². The second kappa shape index (κ2) is 9.06. The molecule has 5 heteroatoms. The van der Waals surface area contributed by atoms with E-state index in [1.165, 1.54) is 20.2 Å². The van der Waals surface area contributed by atoms with Gasteiger partial charge >= 0.3 is 0 Å². The lowest BCUT2D eigenvalue weighted by Gasteiger charge is -2.25. The third-order valence-corrected chi connectivity index (χ3v) is 9.05. The molecular formula is C37H22N2O2S. The molecule has 6 aromatic carbocycles. The number of furan rings is 1. The molecule has 4 nitrogen and oxygen atoms in total. The van der Waals surface area contributed by atoms with Crippen LogP contribution in [-0.4, -0.2) is 4.98 Å². The maximum Gasteiger partial charge on any atom is 0.228 e. The Morgan fingerprint density at radius 2 is 1.31 bits per heavy atom. The summed E-state index contributed by atoms with van der Waals surface area (Å²) in [5, 5.41) is 4.54. The number of oxazole rings is 1. The molecule has 0 amide bonds. The largest absolute Gasteiger partial charge is 0.454 e. The van der Waals surface area contributed by atoms with E-state index in [4.69, 9.17) is 13.8 Å². The van der Waals surface area contributed by atoms with Gasteiger partial charge in [0.15, 0.2) is 11.2 Å². The van der Waals surface area contributed by atoms with Gasteiger partial charge in [0, 0.05) is 47.9 Å². The molecule has 198 valence electrons. The van der Waals surface area contributed by atoms with Crippen molar-refractivity contribution in [1.82, 2.24) is 4.98 Å². The number of nitrogens with zero attached hydrogens (tertiary/aromatic N) is 2. The van der Waals surface area contributed by atoms with Gasteiger partial charge in [-0.2, -0.15) is 0 Å². The minimum Gasteiger partial charge on any atom is -0.454 e. The van der Waals surface area contributed by atoms with Crippen molar-refractivity contribution >= 4 is 81.6 Å². The molecule has 42 heavy (non-hydrogen) atoms. The number of rotatable bonds is 4. The highest BCUT2D eigenvalue weighted by atomic mass is 32.1. The Bertz CT molecular complexity index is 2400. The molecule has 0 atom stereocenters. The lowest BCUT2D eigenvalue weighted by Crippen LogP contribution is -2.09. The molecule has 0 N–H and O–H groups in total. The van der Waals surface area contributed by atoms with Crippen LogP contribution >= 0.6 is 11.3 Å². The van der Waals surface area contributed by atoms with Crippen LogP contribution < -0.4 is 4.90 Å². The molecule has 0 unspecified atom stereocenters. The highest BCUT2D eigenvalue weighted by Gasteiger charge is 2.22. The predicted molar refractivity (Wildman–Crippen MR) is 174 cm³/mol. The summed E-state index contributed by atoms with van der Waals surface area (Å²) in [6.07, 6.45) is 0. The molecule has 3 heterocycles. The van der Waals surface area contributed by atoms with Crippen molar-refractivity contribution in [3.05, 3.63) is 133 Å². The van der Waals surface area contributed by atoms with E-state index in [1.54, 1.807) is 0 Å². The van der Waals surface area contributed by atoms with E-state index in [2.05, 4.69) is 95.9 Å². The molecule has 0 aliphatic heterocycles. The summed E-state index contributed by atoms with van der Waals surface area (Å²) >= 11 is 1.83. The van der Waals surface area contributed by atoms with E-state index in [-0.39, 0.29) is 0 Å². The molecule has 0 aliphatic rings. The highest BCUT2D eigenvalue weighted by molar-refractivity contribution is 7.25. The third kappa shape index (κ3) is 3.51. The van der Waals surface area contributed by atoms with Crippen LogP contribution in [0, 0.1) is 0 Å². The van der Waals surface area contributed by atoms with Gasteiger partial charge in [-0.3, -0.25) is 0 Å². The van der Waals surface area contributed by atoms with Crippen LogP contribution in [-0.2, 0) is 0 Å². The van der Waals surface area contributed by atoms with Crippen LogP contribution in [0.15, 0.2) is 142 Å². The Morgan fingerprint density at radius 1 is 0.548 bits per heavy atom. The lowest BCUT2D eigenvalue weighted by molar-refractivity contribution is 0.620. The van der Waals surface area contributed by atoms with Gasteiger partial charge in [0.25, 0.3) is 0 Å². The Kier molecular flexibility index (Phi) is 5.03. The van der Waals surface area contributed by atoms with Crippen LogP contribution in [0.1, 0.15) is 0 Å². The average Bonchev–Trinajstić information content (AvgIpc) is 3.75. The molecule has 0 spiro atoms. The van der Waals surface area contributed by atoms with Gasteiger partial charge in [-0.15, -0.1) is 11.3 Å². The zero-order valence-corrected chi connectivity index (χ0v) is 23.1. The quantitative estimate of drug-likeness (QED) is 0.215. The number of hydrogen-bond acceptors (Lipinski definition) is 5. The first-order chi connectivity index (χ1) is 20.8. The van der Waals surface area contributed by atoms with Crippen LogP contribution in [0.3, 0.4) is 0 Å². The Hall–Kier alpha value is -5.39. The SMILES string of the molecule is c1ccc(N(c2ccc3sc4ccccc4c3c2)c2cccc3c2oc2cccc(-c4nc5ccccc5o4)c23)cc1. The molecule has 0 aliphatic carbocycles. The normalized spacial score (nSPS) is 11.8. The maximum absolute atomic E-state index is 6.68. The van der Waals surface area contributed by atoms with Crippen LogP contribution in [0.4, 0.5) is 17.1 Å². The minimum atomic E-state index is 0.588. The van der Waals surface area contributed by atoms with Crippen molar-refractivity contribution in [2.45, 2.75) is 0 Å². The summed E-state index contributed by atoms with van der Waals surface area (Å²) in [5.41, 5.74) is 7.23. The number of para-hydroxylation sites is 4. The molecular weight excluding hydrogens is 536 g/mol. The van der Waals surface area contributed by atoms with E-state index in [1.807, 2.05) is 53.8 Å². The van der Waals surface area contributed by atoms with E-state index in [0.29, 0.717) is 5.89 Å². The summed E-state index contributed by atoms with van der Waals surface area (Å²) in [5.74, 6) is 0.588. The smallest absolute Gasteiger partial charge is 0.228 e. The summed E-state index contributed by atoms with van der Waals surface area (Å²) in [6.45, 7) is 0. The molecule has 0 bridgehead atoms. The minimum absolute atomic E-state index is 0.588. The molecule has 3 aromatic heterocycles. The van der Waals surface area contributed by atoms with Crippen molar-refractivity contribution in [2.75, 3.05) is 4.90 Å². The predicted octanol–water partition coefficient (Wildman–Crippen LogP) is 11.2. The number of benzene rings is 6. The number of aromatic nitrogens is 1. The topological polar surface area (TPSA) is 42.4 Å². The van der Waals surface area contributed by atoms with Gasteiger partial charge in [-0.05, 0) is 66.7 Å². The van der Waals surface area contributed by atoms with Crippen molar-refractivity contribution < 1.29 is 8.83 Å². The molecule has 9 rings (SSSR count). The van der Waals surface area contributed by atoms with Gasteiger partial charge in [-0.25, -0.2) is 4.98 Å². The molecule has 9 aromatic rings. The van der Waals surface area contributed by atoms with Gasteiger partial charge in [0.2, 0.25) is 5.89 Å². The Morgan fingerprint density at radius 3 is 2.24 bits per heavy atom. The summed E-state index contributed by atoms with van der Waals surface area (Å²) < 4.78 is 15.4. The monoisotopic (exact) mass is 558 g/mol. The number of thiophene rings is 1. The van der Waals surface area contributed by atoms with Crippen LogP contribution in [0.25, 0.3) is 64.7 Å². The highest BCUT2D eigenvalue weighted by Crippen LogP contribution is 2.45. The van der Waals surface area contributed by atoms with Crippen molar-refractivity contribution in [3.63, 3.8) is 0 Å². The van der Waals surface area contributed by atoms with Gasteiger partial charge in [-0.1, -0.05) is 66.7 Å². The van der Waals surface area contributed by atoms with Crippen molar-refractivity contribution in [1.29, 1.82) is 0 Å². The Balaban J connectivity index is 1.30. The first kappa shape index (κ1) is 23.3. The van der Waals surface area contributed by atoms with Crippen molar-refractivity contribution in [3.8, 4) is 11.5 Å². The number of hydrogen-bond donors (Lipinski definition) is 0. The van der Waals surface area contributed by atoms with Gasteiger partial charge in [0.05, 0.1) is 5.69 Å². The van der Waals surface area contributed by atoms with Crippen molar-refractivity contribution in [2.24, 2.45) is 0 Å². The summed E-state index contributed by atoms with van der Waals surface area (Å²) in [7, 11) is 0. The number of anilines is 3. The first-order valence-electron chi connectivity index (χ1n) is 13.9.